The molecule has 3 aliphatic rings. The lowest BCUT2D eigenvalue weighted by atomic mass is 9.87. The molecule has 116 valence electrons. The van der Waals surface area contributed by atoms with Crippen molar-refractivity contribution in [3.05, 3.63) is 0 Å². The summed E-state index contributed by atoms with van der Waals surface area (Å²) < 4.78 is 0. The summed E-state index contributed by atoms with van der Waals surface area (Å²) in [5.41, 5.74) is 0. The first-order chi connectivity index (χ1) is 10.2. The molecule has 0 aromatic heterocycles. The minimum Gasteiger partial charge on any atom is -0.342 e. The second kappa shape index (κ2) is 6.16. The summed E-state index contributed by atoms with van der Waals surface area (Å²) in [6.45, 7) is 1.38. The van der Waals surface area contributed by atoms with Crippen LogP contribution in [-0.2, 0) is 14.4 Å². The van der Waals surface area contributed by atoms with Crippen molar-refractivity contribution in [3.63, 3.8) is 0 Å². The first-order valence-electron chi connectivity index (χ1n) is 8.30. The lowest BCUT2D eigenvalue weighted by Gasteiger charge is -2.37. The van der Waals surface area contributed by atoms with Crippen LogP contribution in [0.2, 0.25) is 0 Å². The van der Waals surface area contributed by atoms with Crippen molar-refractivity contribution in [2.75, 3.05) is 13.1 Å². The molecule has 0 bridgehead atoms. The van der Waals surface area contributed by atoms with Crippen molar-refractivity contribution in [1.29, 1.82) is 0 Å². The lowest BCUT2D eigenvalue weighted by Crippen LogP contribution is -2.49. The molecule has 3 rings (SSSR count). The molecule has 0 unspecified atom stereocenters. The summed E-state index contributed by atoms with van der Waals surface area (Å²) in [7, 11) is 0. The van der Waals surface area contributed by atoms with Gasteiger partial charge < -0.3 is 4.90 Å². The molecule has 3 amide bonds. The molecule has 5 heteroatoms. The predicted octanol–water partition coefficient (Wildman–Crippen LogP) is 1.71. The topological polar surface area (TPSA) is 57.7 Å². The second-order valence-corrected chi connectivity index (χ2v) is 6.55. The summed E-state index contributed by atoms with van der Waals surface area (Å²) in [6.07, 6.45) is 7.87. The fourth-order valence-corrected chi connectivity index (χ4v) is 3.95. The van der Waals surface area contributed by atoms with Crippen LogP contribution in [0.4, 0.5) is 0 Å². The Bertz CT molecular complexity index is 419. The number of nitrogens with zero attached hydrogens (tertiary/aromatic N) is 2. The van der Waals surface area contributed by atoms with Crippen molar-refractivity contribution in [2.24, 2.45) is 5.92 Å². The fourth-order valence-electron chi connectivity index (χ4n) is 3.95. The number of rotatable bonds is 2. The number of carbonyl (C=O) groups excluding carboxylic acids is 3. The number of likely N-dealkylation sites (tertiary alicyclic amines) is 2. The molecule has 2 aliphatic heterocycles. The van der Waals surface area contributed by atoms with Crippen LogP contribution in [0.1, 0.15) is 57.8 Å². The highest BCUT2D eigenvalue weighted by Crippen LogP contribution is 2.28. The SMILES string of the molecule is O=C(C1CCCCC1)N1CCC(N2C(=O)CCC2=O)CC1. The van der Waals surface area contributed by atoms with Gasteiger partial charge in [0.2, 0.25) is 17.7 Å². The van der Waals surface area contributed by atoms with E-state index in [2.05, 4.69) is 0 Å². The van der Waals surface area contributed by atoms with Gasteiger partial charge in [-0.15, -0.1) is 0 Å². The summed E-state index contributed by atoms with van der Waals surface area (Å²) in [5, 5.41) is 0. The van der Waals surface area contributed by atoms with Crippen LogP contribution in [0.15, 0.2) is 0 Å². The van der Waals surface area contributed by atoms with E-state index in [4.69, 9.17) is 0 Å². The molecular weight excluding hydrogens is 268 g/mol. The van der Waals surface area contributed by atoms with Crippen molar-refractivity contribution in [3.8, 4) is 0 Å². The van der Waals surface area contributed by atoms with Gasteiger partial charge in [-0.05, 0) is 25.7 Å². The molecule has 21 heavy (non-hydrogen) atoms. The number of carbonyl (C=O) groups is 3. The third kappa shape index (κ3) is 2.97. The Morgan fingerprint density at radius 1 is 0.857 bits per heavy atom. The third-order valence-electron chi connectivity index (χ3n) is 5.19. The Morgan fingerprint density at radius 2 is 1.43 bits per heavy atom. The molecule has 3 fully saturated rings. The minimum atomic E-state index is -0.0305. The molecule has 2 heterocycles. The molecule has 0 aromatic rings. The summed E-state index contributed by atoms with van der Waals surface area (Å²) >= 11 is 0. The third-order valence-corrected chi connectivity index (χ3v) is 5.19. The van der Waals surface area contributed by atoms with E-state index in [-0.39, 0.29) is 23.8 Å². The Hall–Kier alpha value is -1.39. The second-order valence-electron chi connectivity index (χ2n) is 6.55. The van der Waals surface area contributed by atoms with E-state index in [1.54, 1.807) is 0 Å². The predicted molar refractivity (Wildman–Crippen MR) is 77.3 cm³/mol. The van der Waals surface area contributed by atoms with Crippen LogP contribution in [0.5, 0.6) is 0 Å². The number of hydrogen-bond donors (Lipinski definition) is 0. The van der Waals surface area contributed by atoms with E-state index in [1.807, 2.05) is 4.90 Å². The highest BCUT2D eigenvalue weighted by Gasteiger charge is 2.38. The van der Waals surface area contributed by atoms with Crippen LogP contribution < -0.4 is 0 Å². The summed E-state index contributed by atoms with van der Waals surface area (Å²) in [6, 6.07) is 0.0166. The van der Waals surface area contributed by atoms with E-state index in [9.17, 15) is 14.4 Å². The van der Waals surface area contributed by atoms with Gasteiger partial charge >= 0.3 is 0 Å². The number of piperidine rings is 1. The molecule has 2 saturated heterocycles. The van der Waals surface area contributed by atoms with E-state index >= 15 is 0 Å². The zero-order valence-electron chi connectivity index (χ0n) is 12.6. The average Bonchev–Trinajstić information content (AvgIpc) is 2.87. The zero-order chi connectivity index (χ0) is 14.8. The van der Waals surface area contributed by atoms with Gasteiger partial charge in [0.1, 0.15) is 0 Å². The van der Waals surface area contributed by atoms with E-state index < -0.39 is 0 Å². The van der Waals surface area contributed by atoms with Crippen LogP contribution in [0, 0.1) is 5.92 Å². The monoisotopic (exact) mass is 292 g/mol. The Balaban J connectivity index is 1.54. The molecule has 1 saturated carbocycles. The van der Waals surface area contributed by atoms with Gasteiger partial charge in [0.15, 0.2) is 0 Å². The van der Waals surface area contributed by atoms with Crippen LogP contribution in [0.3, 0.4) is 0 Å². The van der Waals surface area contributed by atoms with E-state index in [1.165, 1.54) is 24.2 Å². The minimum absolute atomic E-state index is 0.0166. The molecule has 0 spiro atoms. The quantitative estimate of drug-likeness (QED) is 0.728. The summed E-state index contributed by atoms with van der Waals surface area (Å²) in [4.78, 5) is 39.4. The van der Waals surface area contributed by atoms with Crippen molar-refractivity contribution < 1.29 is 14.4 Å². The molecule has 0 aromatic carbocycles. The lowest BCUT2D eigenvalue weighted by molar-refractivity contribution is -0.143. The maximum atomic E-state index is 12.5. The van der Waals surface area contributed by atoms with Gasteiger partial charge in [-0.1, -0.05) is 19.3 Å². The van der Waals surface area contributed by atoms with Crippen molar-refractivity contribution in [2.45, 2.75) is 63.8 Å². The summed E-state index contributed by atoms with van der Waals surface area (Å²) in [5.74, 6) is 0.451. The van der Waals surface area contributed by atoms with Crippen LogP contribution in [0.25, 0.3) is 0 Å². The van der Waals surface area contributed by atoms with Crippen molar-refractivity contribution >= 4 is 17.7 Å². The zero-order valence-corrected chi connectivity index (χ0v) is 12.6. The number of hydrogen-bond acceptors (Lipinski definition) is 3. The molecule has 0 radical (unpaired) electrons. The van der Waals surface area contributed by atoms with Crippen LogP contribution >= 0.6 is 0 Å². The van der Waals surface area contributed by atoms with E-state index in [0.717, 1.165) is 25.7 Å². The number of imide groups is 1. The molecule has 0 N–H and O–H groups in total. The fraction of sp³-hybridized carbons (Fsp3) is 0.812. The Labute approximate surface area is 125 Å². The van der Waals surface area contributed by atoms with Gasteiger partial charge in [0.05, 0.1) is 0 Å². The molecule has 0 atom stereocenters. The number of amides is 3. The van der Waals surface area contributed by atoms with Gasteiger partial charge in [-0.2, -0.15) is 0 Å². The smallest absolute Gasteiger partial charge is 0.229 e. The first kappa shape index (κ1) is 14.5. The van der Waals surface area contributed by atoms with Gasteiger partial charge in [0.25, 0.3) is 0 Å². The largest absolute Gasteiger partial charge is 0.342 e. The molecular formula is C16H24N2O3. The average molecular weight is 292 g/mol. The van der Waals surface area contributed by atoms with Gasteiger partial charge in [0, 0.05) is 37.9 Å². The van der Waals surface area contributed by atoms with E-state index in [0.29, 0.717) is 31.8 Å². The highest BCUT2D eigenvalue weighted by molar-refractivity contribution is 6.02. The maximum Gasteiger partial charge on any atom is 0.229 e. The highest BCUT2D eigenvalue weighted by atomic mass is 16.2. The van der Waals surface area contributed by atoms with Crippen molar-refractivity contribution in [1.82, 2.24) is 9.80 Å². The Morgan fingerprint density at radius 3 is 2.00 bits per heavy atom. The molecule has 1 aliphatic carbocycles. The normalized spacial score (nSPS) is 25.7. The van der Waals surface area contributed by atoms with Crippen LogP contribution in [-0.4, -0.2) is 46.7 Å². The van der Waals surface area contributed by atoms with Gasteiger partial charge in [-0.3, -0.25) is 19.3 Å². The Kier molecular flexibility index (Phi) is 4.27. The maximum absolute atomic E-state index is 12.5. The first-order valence-corrected chi connectivity index (χ1v) is 8.30. The van der Waals surface area contributed by atoms with Gasteiger partial charge in [-0.25, -0.2) is 0 Å². The standard InChI is InChI=1S/C16H24N2O3/c19-14-6-7-15(20)18(14)13-8-10-17(11-9-13)16(21)12-4-2-1-3-5-12/h12-13H,1-11H2. The molecule has 5 nitrogen and oxygen atoms in total.